The lowest BCUT2D eigenvalue weighted by molar-refractivity contribution is -0.284. The smallest absolute Gasteiger partial charge is 0.377 e. The van der Waals surface area contributed by atoms with Gasteiger partial charge in [-0.1, -0.05) is 0 Å². The number of aliphatic hydroxyl groups is 4. The molecule has 1 saturated heterocycles. The summed E-state index contributed by atoms with van der Waals surface area (Å²) < 4.78 is 11.7. The zero-order valence-corrected chi connectivity index (χ0v) is 17.5. The third kappa shape index (κ3) is 4.65. The van der Waals surface area contributed by atoms with Gasteiger partial charge in [0.15, 0.2) is 5.01 Å². The van der Waals surface area contributed by atoms with Gasteiger partial charge in [-0.3, -0.25) is 4.79 Å². The molecule has 12 nitrogen and oxygen atoms in total. The Morgan fingerprint density at radius 1 is 1.47 bits per heavy atom. The maximum atomic E-state index is 12.2. The minimum absolute atomic E-state index is 0.0224. The number of carboxylic acid groups (broad SMARTS) is 1. The van der Waals surface area contributed by atoms with E-state index in [-0.39, 0.29) is 10.8 Å². The molecule has 3 rings (SSSR count). The number of hydrogen-bond acceptors (Lipinski definition) is 11. The Balaban J connectivity index is 1.98. The quantitative estimate of drug-likeness (QED) is 0.282. The van der Waals surface area contributed by atoms with Crippen LogP contribution in [0.3, 0.4) is 0 Å². The van der Waals surface area contributed by atoms with Crippen molar-refractivity contribution >= 4 is 33.4 Å². The first-order valence-corrected chi connectivity index (χ1v) is 10.2. The summed E-state index contributed by atoms with van der Waals surface area (Å²) in [5.74, 6) is -4.70. The van der Waals surface area contributed by atoms with Crippen LogP contribution in [0.5, 0.6) is 5.75 Å². The monoisotopic (exact) mass is 467 g/mol. The standard InChI is InChI=1S/C19H21N3O9S/c1-8(24)21-15-11(25)5-19(18(28)29,31-17(15)16(27)12(26)7-23)30-9-2-3-10-13(4-9)32-14(6-20)22-10/h2-4,11-12,15-17,23,25-27H,5,7H2,1H3,(H,21,24)(H,28,29)/t11?,12-,15?,16-,17?,19?/m1/s1. The highest BCUT2D eigenvalue weighted by atomic mass is 32.1. The summed E-state index contributed by atoms with van der Waals surface area (Å²) in [5, 5.41) is 61.5. The molecule has 2 aromatic rings. The Kier molecular flexibility index (Phi) is 6.94. The van der Waals surface area contributed by atoms with Crippen molar-refractivity contribution in [3.63, 3.8) is 0 Å². The fourth-order valence-corrected chi connectivity index (χ4v) is 4.23. The lowest BCUT2D eigenvalue weighted by Crippen LogP contribution is -2.68. The first kappa shape index (κ1) is 23.8. The molecule has 32 heavy (non-hydrogen) atoms. The van der Waals surface area contributed by atoms with E-state index in [1.165, 1.54) is 18.2 Å². The van der Waals surface area contributed by atoms with Crippen molar-refractivity contribution in [1.82, 2.24) is 10.3 Å². The van der Waals surface area contributed by atoms with Gasteiger partial charge in [0.25, 0.3) is 0 Å². The summed E-state index contributed by atoms with van der Waals surface area (Å²) in [6.07, 6.45) is -7.43. The fourth-order valence-electron chi connectivity index (χ4n) is 3.44. The number of carbonyl (C=O) groups is 2. The molecule has 0 bridgehead atoms. The highest BCUT2D eigenvalue weighted by Gasteiger charge is 2.56. The van der Waals surface area contributed by atoms with Crippen LogP contribution in [-0.2, 0) is 14.3 Å². The van der Waals surface area contributed by atoms with Crippen LogP contribution in [0.15, 0.2) is 18.2 Å². The number of rotatable bonds is 7. The number of carbonyl (C=O) groups excluding carboxylic acids is 1. The maximum Gasteiger partial charge on any atom is 0.377 e. The van der Waals surface area contributed by atoms with Crippen LogP contribution in [0, 0.1) is 11.3 Å². The first-order chi connectivity index (χ1) is 15.1. The van der Waals surface area contributed by atoms with Crippen molar-refractivity contribution in [3.8, 4) is 11.8 Å². The Morgan fingerprint density at radius 2 is 2.19 bits per heavy atom. The molecule has 0 aliphatic carbocycles. The Labute approximate surface area is 185 Å². The zero-order chi connectivity index (χ0) is 23.6. The van der Waals surface area contributed by atoms with E-state index in [0.29, 0.717) is 10.2 Å². The molecule has 1 amide bonds. The molecule has 2 heterocycles. The van der Waals surface area contributed by atoms with E-state index in [0.717, 1.165) is 18.3 Å². The molecule has 6 atom stereocenters. The van der Waals surface area contributed by atoms with Crippen molar-refractivity contribution in [1.29, 1.82) is 5.26 Å². The second-order valence-electron chi connectivity index (χ2n) is 7.24. The van der Waals surface area contributed by atoms with Crippen LogP contribution in [-0.4, -0.2) is 85.2 Å². The second kappa shape index (κ2) is 9.33. The van der Waals surface area contributed by atoms with Crippen LogP contribution in [0.2, 0.25) is 0 Å². The van der Waals surface area contributed by atoms with E-state index in [1.54, 1.807) is 0 Å². The summed E-state index contributed by atoms with van der Waals surface area (Å²) in [7, 11) is 0. The third-order valence-electron chi connectivity index (χ3n) is 4.92. The molecule has 1 aliphatic rings. The minimum atomic E-state index is -2.49. The number of hydrogen-bond donors (Lipinski definition) is 6. The van der Waals surface area contributed by atoms with E-state index in [9.17, 15) is 35.1 Å². The summed E-state index contributed by atoms with van der Waals surface area (Å²) in [4.78, 5) is 27.8. The topological polar surface area (TPSA) is 202 Å². The summed E-state index contributed by atoms with van der Waals surface area (Å²) >= 11 is 1.06. The molecule has 4 unspecified atom stereocenters. The third-order valence-corrected chi connectivity index (χ3v) is 5.85. The van der Waals surface area contributed by atoms with Crippen molar-refractivity contribution in [3.05, 3.63) is 23.2 Å². The van der Waals surface area contributed by atoms with Crippen LogP contribution >= 0.6 is 11.3 Å². The molecule has 172 valence electrons. The van der Waals surface area contributed by atoms with E-state index in [1.807, 2.05) is 6.07 Å². The predicted octanol–water partition coefficient (Wildman–Crippen LogP) is -1.30. The predicted molar refractivity (Wildman–Crippen MR) is 108 cm³/mol. The molecule has 1 fully saturated rings. The summed E-state index contributed by atoms with van der Waals surface area (Å²) in [6, 6.07) is 4.98. The Bertz CT molecular complexity index is 1050. The fraction of sp³-hybridized carbons (Fsp3) is 0.474. The minimum Gasteiger partial charge on any atom is -0.476 e. The highest BCUT2D eigenvalue weighted by Crippen LogP contribution is 2.36. The van der Waals surface area contributed by atoms with E-state index >= 15 is 0 Å². The lowest BCUT2D eigenvalue weighted by atomic mass is 9.88. The van der Waals surface area contributed by atoms with Gasteiger partial charge in [0.1, 0.15) is 30.1 Å². The number of fused-ring (bicyclic) bond motifs is 1. The van der Waals surface area contributed by atoms with Gasteiger partial charge in [-0.25, -0.2) is 9.78 Å². The SMILES string of the molecule is CC(=O)NC1C(O)CC(Oc2ccc3nc(C#N)sc3c2)(C(=O)O)OC1[C@H](O)[C@H](O)CO. The van der Waals surface area contributed by atoms with Crippen LogP contribution in [0.25, 0.3) is 10.2 Å². The van der Waals surface area contributed by atoms with Gasteiger partial charge in [0, 0.05) is 6.92 Å². The Morgan fingerprint density at radius 3 is 2.78 bits per heavy atom. The first-order valence-electron chi connectivity index (χ1n) is 9.43. The molecule has 0 radical (unpaired) electrons. The zero-order valence-electron chi connectivity index (χ0n) is 16.7. The molecule has 6 N–H and O–H groups in total. The molecule has 0 saturated carbocycles. The normalized spacial score (nSPS) is 27.3. The summed E-state index contributed by atoms with van der Waals surface area (Å²) in [5.41, 5.74) is 0.498. The average molecular weight is 467 g/mol. The number of thiazole rings is 1. The van der Waals surface area contributed by atoms with Crippen molar-refractivity contribution in [2.45, 2.75) is 49.6 Å². The molecular formula is C19H21N3O9S. The molecule has 1 aliphatic heterocycles. The molecule has 13 heteroatoms. The number of nitrogens with zero attached hydrogens (tertiary/aromatic N) is 2. The van der Waals surface area contributed by atoms with Gasteiger partial charge in [0.05, 0.1) is 35.4 Å². The van der Waals surface area contributed by atoms with Crippen molar-refractivity contribution < 1.29 is 44.6 Å². The molecule has 1 aromatic carbocycles. The second-order valence-corrected chi connectivity index (χ2v) is 8.27. The Hall–Kier alpha value is -2.86. The van der Waals surface area contributed by atoms with Gasteiger partial charge in [-0.2, -0.15) is 5.26 Å². The number of ether oxygens (including phenoxy) is 2. The van der Waals surface area contributed by atoms with Crippen LogP contribution < -0.4 is 10.1 Å². The van der Waals surface area contributed by atoms with Gasteiger partial charge in [0.2, 0.25) is 5.91 Å². The number of carboxylic acids is 1. The number of amides is 1. The van der Waals surface area contributed by atoms with Gasteiger partial charge >= 0.3 is 11.8 Å². The van der Waals surface area contributed by atoms with E-state index < -0.39 is 61.1 Å². The van der Waals surface area contributed by atoms with Gasteiger partial charge in [-0.15, -0.1) is 11.3 Å². The van der Waals surface area contributed by atoms with Crippen LogP contribution in [0.1, 0.15) is 18.4 Å². The van der Waals surface area contributed by atoms with Crippen molar-refractivity contribution in [2.75, 3.05) is 6.61 Å². The number of aliphatic hydroxyl groups excluding tert-OH is 4. The van der Waals surface area contributed by atoms with Crippen molar-refractivity contribution in [2.24, 2.45) is 0 Å². The average Bonchev–Trinajstić information content (AvgIpc) is 3.16. The van der Waals surface area contributed by atoms with Crippen LogP contribution in [0.4, 0.5) is 0 Å². The van der Waals surface area contributed by atoms with Gasteiger partial charge in [-0.05, 0) is 18.2 Å². The molecule has 0 spiro atoms. The van der Waals surface area contributed by atoms with E-state index in [4.69, 9.17) is 14.7 Å². The maximum absolute atomic E-state index is 12.2. The molecule has 1 aromatic heterocycles. The number of aromatic nitrogens is 1. The molecular weight excluding hydrogens is 446 g/mol. The lowest BCUT2D eigenvalue weighted by Gasteiger charge is -2.46. The van der Waals surface area contributed by atoms with Gasteiger partial charge < -0.3 is 40.3 Å². The summed E-state index contributed by atoms with van der Waals surface area (Å²) in [6.45, 7) is 0.266. The number of benzene rings is 1. The largest absolute Gasteiger partial charge is 0.476 e. The number of nitrogens with one attached hydrogen (secondary N) is 1. The highest BCUT2D eigenvalue weighted by molar-refractivity contribution is 7.19. The number of aliphatic carboxylic acids is 1. The van der Waals surface area contributed by atoms with E-state index in [2.05, 4.69) is 10.3 Å². The number of nitriles is 1.